The van der Waals surface area contributed by atoms with Gasteiger partial charge >= 0.3 is 0 Å². The summed E-state index contributed by atoms with van der Waals surface area (Å²) < 4.78 is 0. The smallest absolute Gasteiger partial charge is 0.186 e. The zero-order chi connectivity index (χ0) is 8.27. The molecule has 0 aromatic carbocycles. The molecule has 0 bridgehead atoms. The maximum absolute atomic E-state index is 10.7. The predicted octanol–water partition coefficient (Wildman–Crippen LogP) is 1.36. The molecule has 64 valence electrons. The fourth-order valence-electron chi connectivity index (χ4n) is 1.34. The summed E-state index contributed by atoms with van der Waals surface area (Å²) in [5.74, 6) is 0. The van der Waals surface area contributed by atoms with Crippen LogP contribution in [-0.2, 0) is 4.79 Å². The third-order valence-corrected chi connectivity index (χ3v) is 3.13. The fourth-order valence-corrected chi connectivity index (χ4v) is 2.25. The van der Waals surface area contributed by atoms with Gasteiger partial charge < -0.3 is 4.90 Å². The van der Waals surface area contributed by atoms with E-state index in [1.165, 1.54) is 24.6 Å². The average Bonchev–Trinajstić information content (AvgIpc) is 1.93. The van der Waals surface area contributed by atoms with Crippen molar-refractivity contribution in [2.24, 2.45) is 0 Å². The largest absolute Gasteiger partial charge is 0.306 e. The van der Waals surface area contributed by atoms with E-state index in [1.807, 2.05) is 0 Å². The van der Waals surface area contributed by atoms with Crippen LogP contribution in [0, 0.1) is 0 Å². The average molecular weight is 173 g/mol. The summed E-state index contributed by atoms with van der Waals surface area (Å²) in [6.45, 7) is 3.94. The minimum atomic E-state index is 0.263. The molecule has 0 N–H and O–H groups in total. The second-order valence-corrected chi connectivity index (χ2v) is 4.59. The number of hydrogen-bond acceptors (Lipinski definition) is 3. The second-order valence-electron chi connectivity index (χ2n) is 3.11. The van der Waals surface area contributed by atoms with Gasteiger partial charge in [0.1, 0.15) is 0 Å². The first-order valence-electron chi connectivity index (χ1n) is 4.04. The lowest BCUT2D eigenvalue weighted by molar-refractivity contribution is -0.109. The van der Waals surface area contributed by atoms with E-state index in [2.05, 4.69) is 11.9 Å². The van der Waals surface area contributed by atoms with Crippen molar-refractivity contribution >= 4 is 16.9 Å². The van der Waals surface area contributed by atoms with Gasteiger partial charge in [-0.05, 0) is 33.0 Å². The van der Waals surface area contributed by atoms with Crippen LogP contribution in [0.1, 0.15) is 19.8 Å². The highest BCUT2D eigenvalue weighted by atomic mass is 32.2. The Bertz CT molecular complexity index is 141. The SMILES string of the molecule is CC(=O)SC1CCN(C)CC1. The normalized spacial score (nSPS) is 22.0. The molecule has 0 unspecified atom stereocenters. The van der Waals surface area contributed by atoms with Crippen LogP contribution in [0.2, 0.25) is 0 Å². The molecular weight excluding hydrogens is 158 g/mol. The van der Waals surface area contributed by atoms with Gasteiger partial charge in [0.25, 0.3) is 0 Å². The topological polar surface area (TPSA) is 20.3 Å². The van der Waals surface area contributed by atoms with Crippen molar-refractivity contribution in [1.82, 2.24) is 4.90 Å². The Kier molecular flexibility index (Phi) is 3.40. The molecule has 0 aromatic heterocycles. The van der Waals surface area contributed by atoms with Gasteiger partial charge in [-0.15, -0.1) is 0 Å². The van der Waals surface area contributed by atoms with E-state index in [0.717, 1.165) is 13.1 Å². The van der Waals surface area contributed by atoms with Gasteiger partial charge in [-0.1, -0.05) is 11.8 Å². The van der Waals surface area contributed by atoms with Gasteiger partial charge in [-0.3, -0.25) is 4.79 Å². The highest BCUT2D eigenvalue weighted by Crippen LogP contribution is 2.22. The molecule has 0 amide bonds. The van der Waals surface area contributed by atoms with Crippen molar-refractivity contribution in [1.29, 1.82) is 0 Å². The summed E-state index contributed by atoms with van der Waals surface area (Å²) >= 11 is 1.51. The Morgan fingerprint density at radius 1 is 1.45 bits per heavy atom. The van der Waals surface area contributed by atoms with E-state index in [1.54, 1.807) is 6.92 Å². The van der Waals surface area contributed by atoms with E-state index in [9.17, 15) is 4.79 Å². The molecule has 0 spiro atoms. The molecule has 0 radical (unpaired) electrons. The molecule has 1 aliphatic heterocycles. The summed E-state index contributed by atoms with van der Waals surface area (Å²) in [5.41, 5.74) is 0. The third kappa shape index (κ3) is 3.25. The molecule has 0 aromatic rings. The fraction of sp³-hybridized carbons (Fsp3) is 0.875. The van der Waals surface area contributed by atoms with Gasteiger partial charge in [0, 0.05) is 12.2 Å². The van der Waals surface area contributed by atoms with Crippen molar-refractivity contribution in [3.8, 4) is 0 Å². The zero-order valence-corrected chi connectivity index (χ0v) is 7.99. The van der Waals surface area contributed by atoms with Crippen molar-refractivity contribution in [3.63, 3.8) is 0 Å². The van der Waals surface area contributed by atoms with E-state index in [4.69, 9.17) is 0 Å². The molecule has 1 fully saturated rings. The highest BCUT2D eigenvalue weighted by molar-refractivity contribution is 8.14. The van der Waals surface area contributed by atoms with Crippen LogP contribution in [0.4, 0.5) is 0 Å². The molecule has 0 atom stereocenters. The van der Waals surface area contributed by atoms with Gasteiger partial charge in [-0.25, -0.2) is 0 Å². The van der Waals surface area contributed by atoms with Crippen LogP contribution in [0.15, 0.2) is 0 Å². The lowest BCUT2D eigenvalue weighted by Crippen LogP contribution is -2.31. The van der Waals surface area contributed by atoms with Gasteiger partial charge in [0.2, 0.25) is 0 Å². The number of rotatable bonds is 1. The monoisotopic (exact) mass is 173 g/mol. The first-order chi connectivity index (χ1) is 5.18. The minimum absolute atomic E-state index is 0.263. The number of hydrogen-bond donors (Lipinski definition) is 0. The van der Waals surface area contributed by atoms with Gasteiger partial charge in [0.05, 0.1) is 0 Å². The lowest BCUT2D eigenvalue weighted by atomic mass is 10.1. The van der Waals surface area contributed by atoms with Crippen LogP contribution >= 0.6 is 11.8 Å². The molecule has 0 aliphatic carbocycles. The summed E-state index contributed by atoms with van der Waals surface area (Å²) in [6, 6.07) is 0. The zero-order valence-electron chi connectivity index (χ0n) is 7.17. The minimum Gasteiger partial charge on any atom is -0.306 e. The van der Waals surface area contributed by atoms with Gasteiger partial charge in [-0.2, -0.15) is 0 Å². The number of nitrogens with zero attached hydrogens (tertiary/aromatic N) is 1. The number of thioether (sulfide) groups is 1. The predicted molar refractivity (Wildman–Crippen MR) is 48.8 cm³/mol. The third-order valence-electron chi connectivity index (χ3n) is 2.00. The summed E-state index contributed by atoms with van der Waals surface area (Å²) in [7, 11) is 2.13. The Hall–Kier alpha value is -0.0200. The number of piperidine rings is 1. The van der Waals surface area contributed by atoms with E-state index in [-0.39, 0.29) is 5.12 Å². The maximum Gasteiger partial charge on any atom is 0.186 e. The maximum atomic E-state index is 10.7. The highest BCUT2D eigenvalue weighted by Gasteiger charge is 2.17. The van der Waals surface area contributed by atoms with Gasteiger partial charge in [0.15, 0.2) is 5.12 Å². The van der Waals surface area contributed by atoms with Crippen molar-refractivity contribution in [2.45, 2.75) is 25.0 Å². The van der Waals surface area contributed by atoms with Crippen LogP contribution in [0.5, 0.6) is 0 Å². The first-order valence-corrected chi connectivity index (χ1v) is 4.92. The molecule has 1 rings (SSSR count). The Balaban J connectivity index is 2.22. The number of likely N-dealkylation sites (tertiary alicyclic amines) is 1. The van der Waals surface area contributed by atoms with Crippen LogP contribution in [-0.4, -0.2) is 35.4 Å². The van der Waals surface area contributed by atoms with Crippen LogP contribution in [0.3, 0.4) is 0 Å². The standard InChI is InChI=1S/C8H15NOS/c1-7(10)11-8-3-5-9(2)6-4-8/h8H,3-6H2,1-2H3. The first kappa shape index (κ1) is 9.07. The van der Waals surface area contributed by atoms with E-state index in [0.29, 0.717) is 5.25 Å². The Labute approximate surface area is 72.3 Å². The number of carbonyl (C=O) groups excluding carboxylic acids is 1. The summed E-state index contributed by atoms with van der Waals surface area (Å²) in [4.78, 5) is 13.1. The van der Waals surface area contributed by atoms with E-state index >= 15 is 0 Å². The second kappa shape index (κ2) is 4.12. The quantitative estimate of drug-likeness (QED) is 0.597. The van der Waals surface area contributed by atoms with Crippen LogP contribution in [0.25, 0.3) is 0 Å². The van der Waals surface area contributed by atoms with Crippen molar-refractivity contribution in [3.05, 3.63) is 0 Å². The van der Waals surface area contributed by atoms with Crippen molar-refractivity contribution < 1.29 is 4.79 Å². The molecule has 11 heavy (non-hydrogen) atoms. The molecule has 1 saturated heterocycles. The Morgan fingerprint density at radius 2 is 2.00 bits per heavy atom. The van der Waals surface area contributed by atoms with E-state index < -0.39 is 0 Å². The Morgan fingerprint density at radius 3 is 2.45 bits per heavy atom. The number of carbonyl (C=O) groups is 1. The summed E-state index contributed by atoms with van der Waals surface area (Å²) in [6.07, 6.45) is 2.33. The molecular formula is C8H15NOS. The lowest BCUT2D eigenvalue weighted by Gasteiger charge is -2.27. The molecule has 3 heteroatoms. The molecule has 0 saturated carbocycles. The molecule has 1 aliphatic rings. The summed E-state index contributed by atoms with van der Waals surface area (Å²) in [5, 5.41) is 0.850. The molecule has 1 heterocycles. The van der Waals surface area contributed by atoms with Crippen molar-refractivity contribution in [2.75, 3.05) is 20.1 Å². The van der Waals surface area contributed by atoms with Crippen LogP contribution < -0.4 is 0 Å². The molecule has 2 nitrogen and oxygen atoms in total.